The molecule has 122 valence electrons. The lowest BCUT2D eigenvalue weighted by molar-refractivity contribution is 0.0915. The smallest absolute Gasteiger partial charge is 0.266 e. The van der Waals surface area contributed by atoms with Crippen LogP contribution in [-0.2, 0) is 10.1 Å². The monoisotopic (exact) mass is 328 g/mol. The summed E-state index contributed by atoms with van der Waals surface area (Å²) in [7, 11) is -4.10. The topological polar surface area (TPSA) is 113 Å². The van der Waals surface area contributed by atoms with Crippen LogP contribution in [0.5, 0.6) is 0 Å². The SMILES string of the molecule is CC(C)(C)NC(=O)c1ccc(C(=O)NCCS(=O)(=O)O)cc1. The number of rotatable bonds is 5. The second kappa shape index (κ2) is 6.89. The van der Waals surface area contributed by atoms with Crippen molar-refractivity contribution >= 4 is 21.9 Å². The fourth-order valence-electron chi connectivity index (χ4n) is 1.58. The molecular formula is C14H20N2O5S. The van der Waals surface area contributed by atoms with Crippen molar-refractivity contribution in [3.8, 4) is 0 Å². The highest BCUT2D eigenvalue weighted by Gasteiger charge is 2.15. The maximum atomic E-state index is 11.9. The van der Waals surface area contributed by atoms with E-state index in [0.29, 0.717) is 11.1 Å². The zero-order chi connectivity index (χ0) is 17.0. The van der Waals surface area contributed by atoms with Gasteiger partial charge in [-0.05, 0) is 45.0 Å². The van der Waals surface area contributed by atoms with E-state index in [9.17, 15) is 18.0 Å². The van der Waals surface area contributed by atoms with Gasteiger partial charge >= 0.3 is 0 Å². The van der Waals surface area contributed by atoms with Crippen LogP contribution in [0.3, 0.4) is 0 Å². The highest BCUT2D eigenvalue weighted by atomic mass is 32.2. The van der Waals surface area contributed by atoms with Crippen LogP contribution in [0, 0.1) is 0 Å². The minimum atomic E-state index is -4.10. The molecule has 0 aliphatic rings. The van der Waals surface area contributed by atoms with E-state index in [1.807, 2.05) is 20.8 Å². The van der Waals surface area contributed by atoms with Crippen molar-refractivity contribution in [1.29, 1.82) is 0 Å². The molecular weight excluding hydrogens is 308 g/mol. The van der Waals surface area contributed by atoms with Crippen LogP contribution in [0.4, 0.5) is 0 Å². The maximum Gasteiger partial charge on any atom is 0.266 e. The lowest BCUT2D eigenvalue weighted by Gasteiger charge is -2.20. The molecule has 0 fully saturated rings. The molecule has 2 amide bonds. The van der Waals surface area contributed by atoms with Gasteiger partial charge in [0, 0.05) is 23.2 Å². The molecule has 0 unspecified atom stereocenters. The van der Waals surface area contributed by atoms with Gasteiger partial charge in [0.2, 0.25) is 0 Å². The molecule has 1 aromatic rings. The van der Waals surface area contributed by atoms with Gasteiger partial charge in [-0.2, -0.15) is 8.42 Å². The molecule has 0 aromatic heterocycles. The first kappa shape index (κ1) is 18.1. The Balaban J connectivity index is 2.64. The van der Waals surface area contributed by atoms with Crippen LogP contribution >= 0.6 is 0 Å². The summed E-state index contributed by atoms with van der Waals surface area (Å²) in [5, 5.41) is 5.16. The fourth-order valence-corrected chi connectivity index (χ4v) is 1.94. The number of carbonyl (C=O) groups excluding carboxylic acids is 2. The zero-order valence-electron chi connectivity index (χ0n) is 12.7. The summed E-state index contributed by atoms with van der Waals surface area (Å²) in [6.45, 7) is 5.40. The molecule has 0 aliphatic carbocycles. The van der Waals surface area contributed by atoms with E-state index in [4.69, 9.17) is 4.55 Å². The van der Waals surface area contributed by atoms with E-state index in [0.717, 1.165) is 0 Å². The Morgan fingerprint density at radius 1 is 1.05 bits per heavy atom. The Kier molecular flexibility index (Phi) is 5.67. The van der Waals surface area contributed by atoms with Crippen LogP contribution in [0.2, 0.25) is 0 Å². The van der Waals surface area contributed by atoms with E-state index in [1.54, 1.807) is 0 Å². The first-order chi connectivity index (χ1) is 9.98. The minimum absolute atomic E-state index is 0.191. The molecule has 0 radical (unpaired) electrons. The lowest BCUT2D eigenvalue weighted by atomic mass is 10.1. The average Bonchev–Trinajstić information content (AvgIpc) is 2.35. The number of hydrogen-bond donors (Lipinski definition) is 3. The number of carbonyl (C=O) groups is 2. The molecule has 0 aliphatic heterocycles. The van der Waals surface area contributed by atoms with Gasteiger partial charge in [-0.3, -0.25) is 14.1 Å². The number of hydrogen-bond acceptors (Lipinski definition) is 4. The quantitative estimate of drug-likeness (QED) is 0.693. The van der Waals surface area contributed by atoms with Crippen LogP contribution in [-0.4, -0.2) is 42.6 Å². The van der Waals surface area contributed by atoms with E-state index in [-0.39, 0.29) is 18.0 Å². The summed E-state index contributed by atoms with van der Waals surface area (Å²) in [6, 6.07) is 5.97. The summed E-state index contributed by atoms with van der Waals surface area (Å²) in [6.07, 6.45) is 0. The second-order valence-corrected chi connectivity index (χ2v) is 7.40. The maximum absolute atomic E-state index is 11.9. The minimum Gasteiger partial charge on any atom is -0.351 e. The van der Waals surface area contributed by atoms with Crippen LogP contribution in [0.1, 0.15) is 41.5 Å². The van der Waals surface area contributed by atoms with E-state index in [1.165, 1.54) is 24.3 Å². The van der Waals surface area contributed by atoms with Crippen LogP contribution in [0.25, 0.3) is 0 Å². The Labute approximate surface area is 129 Å². The highest BCUT2D eigenvalue weighted by Crippen LogP contribution is 2.07. The van der Waals surface area contributed by atoms with Gasteiger partial charge in [0.25, 0.3) is 21.9 Å². The number of benzene rings is 1. The Hall–Kier alpha value is -1.93. The molecule has 8 heteroatoms. The van der Waals surface area contributed by atoms with Gasteiger partial charge in [-0.25, -0.2) is 0 Å². The predicted molar refractivity (Wildman–Crippen MR) is 82.4 cm³/mol. The Morgan fingerprint density at radius 2 is 1.50 bits per heavy atom. The van der Waals surface area contributed by atoms with Gasteiger partial charge in [0.15, 0.2) is 0 Å². The van der Waals surface area contributed by atoms with Gasteiger partial charge in [0.1, 0.15) is 0 Å². The van der Waals surface area contributed by atoms with Crippen molar-refractivity contribution in [2.75, 3.05) is 12.3 Å². The third kappa shape index (κ3) is 6.68. The molecule has 7 nitrogen and oxygen atoms in total. The van der Waals surface area contributed by atoms with E-state index < -0.39 is 21.8 Å². The number of nitrogens with one attached hydrogen (secondary N) is 2. The van der Waals surface area contributed by atoms with Gasteiger partial charge < -0.3 is 10.6 Å². The van der Waals surface area contributed by atoms with Gasteiger partial charge in [-0.1, -0.05) is 0 Å². The van der Waals surface area contributed by atoms with Crippen molar-refractivity contribution in [2.24, 2.45) is 0 Å². The molecule has 0 atom stereocenters. The summed E-state index contributed by atoms with van der Waals surface area (Å²) in [4.78, 5) is 23.7. The third-order valence-corrected chi connectivity index (χ3v) is 3.26. The summed E-state index contributed by atoms with van der Waals surface area (Å²) in [5.41, 5.74) is 0.357. The Morgan fingerprint density at radius 3 is 1.91 bits per heavy atom. The first-order valence-corrected chi connectivity index (χ1v) is 8.25. The standard InChI is InChI=1S/C14H20N2O5S/c1-14(2,3)16-13(18)11-6-4-10(5-7-11)12(17)15-8-9-22(19,20)21/h4-7H,8-9H2,1-3H3,(H,15,17)(H,16,18)(H,19,20,21). The van der Waals surface area contributed by atoms with Crippen LogP contribution < -0.4 is 10.6 Å². The van der Waals surface area contributed by atoms with Crippen LogP contribution in [0.15, 0.2) is 24.3 Å². The largest absolute Gasteiger partial charge is 0.351 e. The highest BCUT2D eigenvalue weighted by molar-refractivity contribution is 7.85. The van der Waals surface area contributed by atoms with Gasteiger partial charge in [0.05, 0.1) is 5.75 Å². The van der Waals surface area contributed by atoms with Crippen molar-refractivity contribution in [2.45, 2.75) is 26.3 Å². The molecule has 0 saturated carbocycles. The molecule has 0 saturated heterocycles. The second-order valence-electron chi connectivity index (χ2n) is 5.82. The molecule has 1 aromatic carbocycles. The summed E-state index contributed by atoms with van der Waals surface area (Å²) >= 11 is 0. The normalized spacial score (nSPS) is 11.8. The third-order valence-electron chi connectivity index (χ3n) is 2.54. The molecule has 3 N–H and O–H groups in total. The molecule has 22 heavy (non-hydrogen) atoms. The summed E-state index contributed by atoms with van der Waals surface area (Å²) in [5.74, 6) is -1.28. The van der Waals surface area contributed by atoms with Crippen molar-refractivity contribution in [3.63, 3.8) is 0 Å². The molecule has 0 bridgehead atoms. The lowest BCUT2D eigenvalue weighted by Crippen LogP contribution is -2.40. The van der Waals surface area contributed by atoms with Crippen molar-refractivity contribution in [3.05, 3.63) is 35.4 Å². The molecule has 1 rings (SSSR count). The first-order valence-electron chi connectivity index (χ1n) is 6.64. The van der Waals surface area contributed by atoms with E-state index >= 15 is 0 Å². The van der Waals surface area contributed by atoms with Crippen molar-refractivity contribution < 1.29 is 22.6 Å². The molecule has 0 heterocycles. The number of amides is 2. The summed E-state index contributed by atoms with van der Waals surface area (Å²) < 4.78 is 29.7. The van der Waals surface area contributed by atoms with Gasteiger partial charge in [-0.15, -0.1) is 0 Å². The van der Waals surface area contributed by atoms with Crippen molar-refractivity contribution in [1.82, 2.24) is 10.6 Å². The van der Waals surface area contributed by atoms with E-state index in [2.05, 4.69) is 10.6 Å². The zero-order valence-corrected chi connectivity index (χ0v) is 13.5. The molecule has 0 spiro atoms. The average molecular weight is 328 g/mol. The fraction of sp³-hybridized carbons (Fsp3) is 0.429. The Bertz CT molecular complexity index is 645. The predicted octanol–water partition coefficient (Wildman–Crippen LogP) is 0.833.